The molecule has 0 radical (unpaired) electrons. The molecule has 0 bridgehead atoms. The van der Waals surface area contributed by atoms with Crippen LogP contribution >= 0.6 is 15.9 Å². The Morgan fingerprint density at radius 3 is 2.64 bits per heavy atom. The number of nitrogens with zero attached hydrogens (tertiary/aromatic N) is 1. The Kier molecular flexibility index (Phi) is 4.39. The summed E-state index contributed by atoms with van der Waals surface area (Å²) in [6.45, 7) is 6.45. The first-order valence-corrected chi connectivity index (χ1v) is 5.66. The lowest BCUT2D eigenvalue weighted by molar-refractivity contribution is 0.185. The second-order valence-corrected chi connectivity index (χ2v) is 4.67. The van der Waals surface area contributed by atoms with Crippen molar-refractivity contribution in [3.05, 3.63) is 22.8 Å². The highest BCUT2D eigenvalue weighted by atomic mass is 79.9. The van der Waals surface area contributed by atoms with Crippen molar-refractivity contribution in [3.8, 4) is 5.88 Å². The number of ether oxygens (including phenoxy) is 1. The van der Waals surface area contributed by atoms with E-state index in [1.165, 1.54) is 0 Å². The lowest BCUT2D eigenvalue weighted by atomic mass is 10.1. The molecule has 0 aliphatic rings. The molecule has 0 amide bonds. The maximum Gasteiger partial charge on any atom is 0.214 e. The van der Waals surface area contributed by atoms with Crippen LogP contribution in [0.2, 0.25) is 0 Å². The monoisotopic (exact) mass is 257 g/mol. The third kappa shape index (κ3) is 4.09. The first-order chi connectivity index (χ1) is 6.58. The minimum atomic E-state index is 0.219. The topological polar surface area (TPSA) is 22.1 Å². The standard InChI is InChI=1S/C11H16BrNO/c1-8(2)7-9(3)14-11-6-4-5-10(12)13-11/h4-6,8-9H,7H2,1-3H3. The van der Waals surface area contributed by atoms with E-state index in [2.05, 4.69) is 41.7 Å². The van der Waals surface area contributed by atoms with E-state index in [0.717, 1.165) is 11.0 Å². The van der Waals surface area contributed by atoms with Gasteiger partial charge in [0.15, 0.2) is 0 Å². The van der Waals surface area contributed by atoms with Gasteiger partial charge in [-0.3, -0.25) is 0 Å². The fourth-order valence-electron chi connectivity index (χ4n) is 1.37. The highest BCUT2D eigenvalue weighted by Crippen LogP contribution is 2.16. The molecular formula is C11H16BrNO. The summed E-state index contributed by atoms with van der Waals surface area (Å²) in [6, 6.07) is 5.69. The zero-order valence-electron chi connectivity index (χ0n) is 8.83. The number of hydrogen-bond acceptors (Lipinski definition) is 2. The summed E-state index contributed by atoms with van der Waals surface area (Å²) in [7, 11) is 0. The second-order valence-electron chi connectivity index (χ2n) is 3.86. The quantitative estimate of drug-likeness (QED) is 0.769. The van der Waals surface area contributed by atoms with Gasteiger partial charge in [-0.25, -0.2) is 4.98 Å². The molecule has 1 heterocycles. The van der Waals surface area contributed by atoms with E-state index >= 15 is 0 Å². The van der Waals surface area contributed by atoms with Crippen molar-refractivity contribution in [1.82, 2.24) is 4.98 Å². The highest BCUT2D eigenvalue weighted by molar-refractivity contribution is 9.10. The molecule has 0 spiro atoms. The summed E-state index contributed by atoms with van der Waals surface area (Å²) < 4.78 is 6.48. The normalized spacial score (nSPS) is 12.9. The average Bonchev–Trinajstić information content (AvgIpc) is 2.01. The van der Waals surface area contributed by atoms with Crippen molar-refractivity contribution in [1.29, 1.82) is 0 Å². The SMILES string of the molecule is CC(C)CC(C)Oc1cccc(Br)n1. The Balaban J connectivity index is 2.51. The van der Waals surface area contributed by atoms with Gasteiger partial charge in [0.1, 0.15) is 4.60 Å². The van der Waals surface area contributed by atoms with Gasteiger partial charge >= 0.3 is 0 Å². The third-order valence-corrected chi connectivity index (χ3v) is 2.26. The molecule has 78 valence electrons. The van der Waals surface area contributed by atoms with Crippen LogP contribution in [0.15, 0.2) is 22.8 Å². The molecule has 1 unspecified atom stereocenters. The van der Waals surface area contributed by atoms with Crippen LogP contribution in [0.25, 0.3) is 0 Å². The number of aromatic nitrogens is 1. The highest BCUT2D eigenvalue weighted by Gasteiger charge is 2.07. The Bertz CT molecular complexity index is 288. The van der Waals surface area contributed by atoms with Crippen molar-refractivity contribution < 1.29 is 4.74 Å². The maximum absolute atomic E-state index is 5.66. The summed E-state index contributed by atoms with van der Waals surface area (Å²) in [5.74, 6) is 1.34. The second kappa shape index (κ2) is 5.35. The van der Waals surface area contributed by atoms with Gasteiger partial charge in [-0.2, -0.15) is 0 Å². The van der Waals surface area contributed by atoms with E-state index < -0.39 is 0 Å². The minimum Gasteiger partial charge on any atom is -0.475 e. The molecule has 3 heteroatoms. The van der Waals surface area contributed by atoms with Crippen LogP contribution in [0.5, 0.6) is 5.88 Å². The molecule has 14 heavy (non-hydrogen) atoms. The molecule has 0 saturated heterocycles. The summed E-state index contributed by atoms with van der Waals surface area (Å²) in [6.07, 6.45) is 1.27. The zero-order valence-corrected chi connectivity index (χ0v) is 10.4. The fraction of sp³-hybridized carbons (Fsp3) is 0.545. The minimum absolute atomic E-state index is 0.219. The lowest BCUT2D eigenvalue weighted by Gasteiger charge is -2.15. The van der Waals surface area contributed by atoms with E-state index in [0.29, 0.717) is 11.8 Å². The molecule has 0 fully saturated rings. The van der Waals surface area contributed by atoms with Crippen molar-refractivity contribution in [2.45, 2.75) is 33.3 Å². The van der Waals surface area contributed by atoms with Gasteiger partial charge in [-0.1, -0.05) is 19.9 Å². The van der Waals surface area contributed by atoms with E-state index in [-0.39, 0.29) is 6.10 Å². The van der Waals surface area contributed by atoms with Gasteiger partial charge in [0.05, 0.1) is 6.10 Å². The Labute approximate surface area is 93.8 Å². The fourth-order valence-corrected chi connectivity index (χ4v) is 1.70. The summed E-state index contributed by atoms with van der Waals surface area (Å²) in [5, 5.41) is 0. The van der Waals surface area contributed by atoms with Crippen LogP contribution < -0.4 is 4.74 Å². The van der Waals surface area contributed by atoms with Gasteiger partial charge in [-0.05, 0) is 41.3 Å². The predicted molar refractivity (Wildman–Crippen MR) is 61.5 cm³/mol. The van der Waals surface area contributed by atoms with E-state index in [9.17, 15) is 0 Å². The molecule has 0 N–H and O–H groups in total. The Morgan fingerprint density at radius 1 is 1.36 bits per heavy atom. The summed E-state index contributed by atoms with van der Waals surface area (Å²) in [5.41, 5.74) is 0. The molecule has 1 aromatic rings. The van der Waals surface area contributed by atoms with Gasteiger partial charge in [0.25, 0.3) is 0 Å². The first kappa shape index (κ1) is 11.5. The van der Waals surface area contributed by atoms with Gasteiger partial charge in [-0.15, -0.1) is 0 Å². The largest absolute Gasteiger partial charge is 0.475 e. The third-order valence-electron chi connectivity index (χ3n) is 1.81. The molecule has 1 rings (SSSR count). The first-order valence-electron chi connectivity index (χ1n) is 4.87. The van der Waals surface area contributed by atoms with Crippen molar-refractivity contribution >= 4 is 15.9 Å². The van der Waals surface area contributed by atoms with Crippen LogP contribution in [0.3, 0.4) is 0 Å². The molecule has 2 nitrogen and oxygen atoms in total. The summed E-state index contributed by atoms with van der Waals surface area (Å²) in [4.78, 5) is 4.21. The molecule has 1 atom stereocenters. The Hall–Kier alpha value is -0.570. The van der Waals surface area contributed by atoms with Crippen LogP contribution in [-0.2, 0) is 0 Å². The summed E-state index contributed by atoms with van der Waals surface area (Å²) >= 11 is 3.31. The van der Waals surface area contributed by atoms with Crippen LogP contribution in [0, 0.1) is 5.92 Å². The van der Waals surface area contributed by atoms with Crippen LogP contribution in [-0.4, -0.2) is 11.1 Å². The maximum atomic E-state index is 5.66. The predicted octanol–water partition coefficient (Wildman–Crippen LogP) is 3.66. The van der Waals surface area contributed by atoms with Crippen molar-refractivity contribution in [2.75, 3.05) is 0 Å². The molecule has 1 aromatic heterocycles. The van der Waals surface area contributed by atoms with Crippen LogP contribution in [0.1, 0.15) is 27.2 Å². The molecule has 0 aliphatic carbocycles. The van der Waals surface area contributed by atoms with Gasteiger partial charge in [0.2, 0.25) is 5.88 Å². The number of rotatable bonds is 4. The molecule has 0 aromatic carbocycles. The van der Waals surface area contributed by atoms with E-state index in [4.69, 9.17) is 4.74 Å². The smallest absolute Gasteiger partial charge is 0.214 e. The number of pyridine rings is 1. The zero-order chi connectivity index (χ0) is 10.6. The van der Waals surface area contributed by atoms with Crippen molar-refractivity contribution in [3.63, 3.8) is 0 Å². The van der Waals surface area contributed by atoms with E-state index in [1.54, 1.807) is 0 Å². The number of hydrogen-bond donors (Lipinski definition) is 0. The van der Waals surface area contributed by atoms with E-state index in [1.807, 2.05) is 18.2 Å². The van der Waals surface area contributed by atoms with Gasteiger partial charge < -0.3 is 4.74 Å². The molecule has 0 saturated carbocycles. The average molecular weight is 258 g/mol. The molecular weight excluding hydrogens is 242 g/mol. The van der Waals surface area contributed by atoms with Gasteiger partial charge in [0, 0.05) is 6.07 Å². The van der Waals surface area contributed by atoms with Crippen molar-refractivity contribution in [2.24, 2.45) is 5.92 Å². The number of halogens is 1. The lowest BCUT2D eigenvalue weighted by Crippen LogP contribution is -2.15. The van der Waals surface area contributed by atoms with Crippen LogP contribution in [0.4, 0.5) is 0 Å². The Morgan fingerprint density at radius 2 is 2.07 bits per heavy atom. The molecule has 0 aliphatic heterocycles.